The Morgan fingerprint density at radius 2 is 2.31 bits per heavy atom. The Balaban J connectivity index is 2.05. The maximum Gasteiger partial charge on any atom is 0.195 e. The molecule has 4 nitrogen and oxygen atoms in total. The first-order valence-electron chi connectivity index (χ1n) is 5.15. The normalized spacial score (nSPS) is 14.9. The molecule has 0 amide bonds. The van der Waals surface area contributed by atoms with Gasteiger partial charge in [0, 0.05) is 23.6 Å². The topological polar surface area (TPSA) is 52.2 Å². The van der Waals surface area contributed by atoms with Gasteiger partial charge >= 0.3 is 0 Å². The number of nitrogens with zero attached hydrogens (tertiary/aromatic N) is 1. The lowest BCUT2D eigenvalue weighted by Gasteiger charge is -2.07. The molecule has 3 N–H and O–H groups in total. The molecule has 1 aliphatic heterocycles. The van der Waals surface area contributed by atoms with E-state index < -0.39 is 0 Å². The van der Waals surface area contributed by atoms with Crippen LogP contribution in [0.5, 0.6) is 0 Å². The van der Waals surface area contributed by atoms with Crippen LogP contribution in [-0.4, -0.2) is 24.0 Å². The van der Waals surface area contributed by atoms with Crippen LogP contribution in [0.2, 0.25) is 5.02 Å². The van der Waals surface area contributed by atoms with Crippen LogP contribution in [0.1, 0.15) is 0 Å². The van der Waals surface area contributed by atoms with Gasteiger partial charge in [0.15, 0.2) is 5.96 Å². The van der Waals surface area contributed by atoms with E-state index in [0.717, 1.165) is 40.7 Å². The Morgan fingerprint density at radius 3 is 3.12 bits per heavy atom. The number of nitrogens with one attached hydrogen (secondary N) is 3. The van der Waals surface area contributed by atoms with Crippen molar-refractivity contribution >= 4 is 34.2 Å². The Bertz CT molecular complexity index is 558. The second kappa shape index (κ2) is 3.72. The van der Waals surface area contributed by atoms with Crippen molar-refractivity contribution in [2.24, 2.45) is 4.99 Å². The number of hydrogen-bond donors (Lipinski definition) is 3. The third kappa shape index (κ3) is 1.51. The molecule has 1 aromatic carbocycles. The van der Waals surface area contributed by atoms with Crippen molar-refractivity contribution in [3.63, 3.8) is 0 Å². The minimum atomic E-state index is 0.719. The van der Waals surface area contributed by atoms with Crippen molar-refractivity contribution in [2.45, 2.75) is 0 Å². The summed E-state index contributed by atoms with van der Waals surface area (Å²) in [6, 6.07) is 5.97. The first-order chi connectivity index (χ1) is 7.84. The van der Waals surface area contributed by atoms with Gasteiger partial charge in [0.2, 0.25) is 0 Å². The van der Waals surface area contributed by atoms with Gasteiger partial charge in [-0.25, -0.2) is 0 Å². The summed E-state index contributed by atoms with van der Waals surface area (Å²) < 4.78 is 0. The zero-order valence-corrected chi connectivity index (χ0v) is 9.30. The molecule has 1 aromatic heterocycles. The minimum absolute atomic E-state index is 0.719. The molecule has 0 spiro atoms. The Morgan fingerprint density at radius 1 is 1.38 bits per heavy atom. The molecule has 0 fully saturated rings. The molecular formula is C11H11ClN4. The SMILES string of the molecule is Clc1c[nH]c2cccc(NC3=NCCN3)c12. The molecule has 82 valence electrons. The highest BCUT2D eigenvalue weighted by Gasteiger charge is 2.10. The minimum Gasteiger partial charge on any atom is -0.360 e. The number of anilines is 1. The van der Waals surface area contributed by atoms with Gasteiger partial charge in [-0.3, -0.25) is 4.99 Å². The second-order valence-corrected chi connectivity index (χ2v) is 4.05. The van der Waals surface area contributed by atoms with Gasteiger partial charge in [0.1, 0.15) is 0 Å². The van der Waals surface area contributed by atoms with E-state index in [-0.39, 0.29) is 0 Å². The lowest BCUT2D eigenvalue weighted by Crippen LogP contribution is -2.26. The van der Waals surface area contributed by atoms with Crippen LogP contribution in [0.3, 0.4) is 0 Å². The molecule has 1 aliphatic rings. The van der Waals surface area contributed by atoms with Crippen LogP contribution in [0, 0.1) is 0 Å². The highest BCUT2D eigenvalue weighted by molar-refractivity contribution is 6.37. The molecule has 3 rings (SSSR count). The van der Waals surface area contributed by atoms with E-state index in [1.54, 1.807) is 6.20 Å². The van der Waals surface area contributed by atoms with E-state index in [1.165, 1.54) is 0 Å². The van der Waals surface area contributed by atoms with Crippen molar-refractivity contribution in [3.05, 3.63) is 29.4 Å². The first-order valence-corrected chi connectivity index (χ1v) is 5.53. The van der Waals surface area contributed by atoms with Crippen LogP contribution in [-0.2, 0) is 0 Å². The molecular weight excluding hydrogens is 224 g/mol. The van der Waals surface area contributed by atoms with Crippen LogP contribution >= 0.6 is 11.6 Å². The average Bonchev–Trinajstić information content (AvgIpc) is 2.90. The summed E-state index contributed by atoms with van der Waals surface area (Å²) in [6.45, 7) is 1.71. The van der Waals surface area contributed by atoms with E-state index in [0.29, 0.717) is 0 Å². The predicted molar refractivity (Wildman–Crippen MR) is 67.2 cm³/mol. The van der Waals surface area contributed by atoms with E-state index in [1.807, 2.05) is 18.2 Å². The van der Waals surface area contributed by atoms with Crippen LogP contribution in [0.4, 0.5) is 5.69 Å². The van der Waals surface area contributed by atoms with E-state index >= 15 is 0 Å². The number of benzene rings is 1. The number of fused-ring (bicyclic) bond motifs is 1. The van der Waals surface area contributed by atoms with Crippen LogP contribution < -0.4 is 10.6 Å². The van der Waals surface area contributed by atoms with Gasteiger partial charge in [-0.1, -0.05) is 17.7 Å². The molecule has 16 heavy (non-hydrogen) atoms. The number of hydrogen-bond acceptors (Lipinski definition) is 3. The fourth-order valence-electron chi connectivity index (χ4n) is 1.86. The maximum absolute atomic E-state index is 6.13. The molecule has 2 heterocycles. The number of aliphatic imine (C=N–C) groups is 1. The number of H-pyrrole nitrogens is 1. The average molecular weight is 235 g/mol. The van der Waals surface area contributed by atoms with Gasteiger partial charge in [-0.05, 0) is 12.1 Å². The fourth-order valence-corrected chi connectivity index (χ4v) is 2.11. The number of aromatic amines is 1. The molecule has 2 aromatic rings. The third-order valence-electron chi connectivity index (χ3n) is 2.58. The molecule has 5 heteroatoms. The monoisotopic (exact) mass is 234 g/mol. The fraction of sp³-hybridized carbons (Fsp3) is 0.182. The second-order valence-electron chi connectivity index (χ2n) is 3.65. The molecule has 0 radical (unpaired) electrons. The van der Waals surface area contributed by atoms with E-state index in [2.05, 4.69) is 20.6 Å². The molecule has 0 bridgehead atoms. The zero-order chi connectivity index (χ0) is 11.0. The van der Waals surface area contributed by atoms with Crippen LogP contribution in [0.15, 0.2) is 29.4 Å². The number of guanidine groups is 1. The standard InChI is InChI=1S/C11H11ClN4/c12-7-6-15-8-2-1-3-9(10(7)8)16-11-13-4-5-14-11/h1-3,6,15H,4-5H2,(H2,13,14,16). The predicted octanol–water partition coefficient (Wildman–Crippen LogP) is 2.19. The van der Waals surface area contributed by atoms with Gasteiger partial charge in [0.05, 0.1) is 17.3 Å². The summed E-state index contributed by atoms with van der Waals surface area (Å²) in [6.07, 6.45) is 1.79. The Labute approximate surface area is 97.7 Å². The summed E-state index contributed by atoms with van der Waals surface area (Å²) in [5.41, 5.74) is 1.99. The van der Waals surface area contributed by atoms with Gasteiger partial charge in [-0.15, -0.1) is 0 Å². The smallest absolute Gasteiger partial charge is 0.195 e. The number of halogens is 1. The van der Waals surface area contributed by atoms with E-state index in [4.69, 9.17) is 11.6 Å². The van der Waals surface area contributed by atoms with Crippen molar-refractivity contribution in [1.29, 1.82) is 0 Å². The lowest BCUT2D eigenvalue weighted by atomic mass is 10.2. The van der Waals surface area contributed by atoms with Gasteiger partial charge < -0.3 is 15.6 Å². The summed E-state index contributed by atoms with van der Waals surface area (Å²) >= 11 is 6.13. The molecule has 0 aliphatic carbocycles. The van der Waals surface area contributed by atoms with Gasteiger partial charge in [0.25, 0.3) is 0 Å². The summed E-state index contributed by atoms with van der Waals surface area (Å²) in [5.74, 6) is 0.810. The zero-order valence-electron chi connectivity index (χ0n) is 8.55. The van der Waals surface area contributed by atoms with Crippen molar-refractivity contribution in [2.75, 3.05) is 18.4 Å². The number of aromatic nitrogens is 1. The molecule has 0 saturated carbocycles. The molecule has 0 unspecified atom stereocenters. The van der Waals surface area contributed by atoms with Gasteiger partial charge in [-0.2, -0.15) is 0 Å². The third-order valence-corrected chi connectivity index (χ3v) is 2.88. The maximum atomic E-state index is 6.13. The largest absolute Gasteiger partial charge is 0.360 e. The highest BCUT2D eigenvalue weighted by atomic mass is 35.5. The Hall–Kier alpha value is -1.68. The molecule has 0 atom stereocenters. The van der Waals surface area contributed by atoms with Crippen molar-refractivity contribution in [1.82, 2.24) is 10.3 Å². The Kier molecular flexibility index (Phi) is 2.22. The summed E-state index contributed by atoms with van der Waals surface area (Å²) in [7, 11) is 0. The molecule has 0 saturated heterocycles. The van der Waals surface area contributed by atoms with Crippen molar-refractivity contribution < 1.29 is 0 Å². The first kappa shape index (κ1) is 9.54. The van der Waals surface area contributed by atoms with Crippen molar-refractivity contribution in [3.8, 4) is 0 Å². The lowest BCUT2D eigenvalue weighted by molar-refractivity contribution is 0.959. The number of rotatable bonds is 1. The highest BCUT2D eigenvalue weighted by Crippen LogP contribution is 2.30. The quantitative estimate of drug-likeness (QED) is 0.709. The van der Waals surface area contributed by atoms with E-state index in [9.17, 15) is 0 Å². The summed E-state index contributed by atoms with van der Waals surface area (Å²) in [4.78, 5) is 7.41. The summed E-state index contributed by atoms with van der Waals surface area (Å²) in [5, 5.41) is 8.13. The van der Waals surface area contributed by atoms with Crippen LogP contribution in [0.25, 0.3) is 10.9 Å².